The van der Waals surface area contributed by atoms with E-state index in [2.05, 4.69) is 30.9 Å². The van der Waals surface area contributed by atoms with Gasteiger partial charge in [0.1, 0.15) is 12.0 Å². The molecule has 1 amide bonds. The van der Waals surface area contributed by atoms with Gasteiger partial charge in [0.2, 0.25) is 0 Å². The van der Waals surface area contributed by atoms with E-state index in [0.29, 0.717) is 29.1 Å². The van der Waals surface area contributed by atoms with Gasteiger partial charge in [0.25, 0.3) is 5.91 Å². The molecule has 0 fully saturated rings. The van der Waals surface area contributed by atoms with E-state index in [1.165, 1.54) is 6.26 Å². The Morgan fingerprint density at radius 2 is 2.22 bits per heavy atom. The molecule has 18 heavy (non-hydrogen) atoms. The van der Waals surface area contributed by atoms with Crippen molar-refractivity contribution in [2.45, 2.75) is 0 Å². The molecule has 0 spiro atoms. The fraction of sp³-hybridized carbons (Fsp3) is 0.167. The van der Waals surface area contributed by atoms with Crippen molar-refractivity contribution in [1.29, 1.82) is 0 Å². The van der Waals surface area contributed by atoms with E-state index in [-0.39, 0.29) is 5.91 Å². The number of hydrogen-bond donors (Lipinski definition) is 1. The summed E-state index contributed by atoms with van der Waals surface area (Å²) in [5.74, 6) is 0.627. The molecule has 0 atom stereocenters. The summed E-state index contributed by atoms with van der Waals surface area (Å²) in [6.45, 7) is 0.494. The molecule has 1 aromatic heterocycles. The van der Waals surface area contributed by atoms with E-state index < -0.39 is 0 Å². The number of alkyl halides is 1. The van der Waals surface area contributed by atoms with Gasteiger partial charge in [-0.2, -0.15) is 0 Å². The molecule has 6 heteroatoms. The lowest BCUT2D eigenvalue weighted by Gasteiger charge is -2.09. The third-order valence-corrected chi connectivity index (χ3v) is 2.47. The maximum Gasteiger partial charge on any atom is 0.260 e. The lowest BCUT2D eigenvalue weighted by molar-refractivity contribution is 0.102. The molecular weight excluding hydrogens is 300 g/mol. The van der Waals surface area contributed by atoms with E-state index in [4.69, 9.17) is 4.74 Å². The second kappa shape index (κ2) is 6.20. The highest BCUT2D eigenvalue weighted by Gasteiger charge is 2.13. The van der Waals surface area contributed by atoms with Gasteiger partial charge in [0.05, 0.1) is 12.2 Å². The minimum absolute atomic E-state index is 0.283. The minimum Gasteiger partial charge on any atom is -0.492 e. The number of anilines is 1. The maximum atomic E-state index is 12.0. The first-order valence-electron chi connectivity index (χ1n) is 5.31. The standard InChI is InChI=1S/C12H11BrN2O3/c13-6-8-17-10-4-2-1-3-9(10)12(16)14-11-5-7-18-15-11/h1-5,7H,6,8H2,(H,14,15,16). The normalized spacial score (nSPS) is 10.1. The summed E-state index contributed by atoms with van der Waals surface area (Å²) in [5, 5.41) is 6.94. The van der Waals surface area contributed by atoms with Crippen molar-refractivity contribution in [2.75, 3.05) is 17.3 Å². The molecule has 1 N–H and O–H groups in total. The zero-order valence-electron chi connectivity index (χ0n) is 9.43. The Labute approximate surface area is 112 Å². The molecule has 2 rings (SSSR count). The highest BCUT2D eigenvalue weighted by molar-refractivity contribution is 9.09. The number of hydrogen-bond acceptors (Lipinski definition) is 4. The first kappa shape index (κ1) is 12.6. The number of carbonyl (C=O) groups excluding carboxylic acids is 1. The van der Waals surface area contributed by atoms with Gasteiger partial charge in [0, 0.05) is 11.4 Å². The zero-order valence-corrected chi connectivity index (χ0v) is 11.0. The number of nitrogens with zero attached hydrogens (tertiary/aromatic N) is 1. The van der Waals surface area contributed by atoms with Gasteiger partial charge in [-0.3, -0.25) is 4.79 Å². The highest BCUT2D eigenvalue weighted by atomic mass is 79.9. The smallest absolute Gasteiger partial charge is 0.260 e. The summed E-state index contributed by atoms with van der Waals surface area (Å²) >= 11 is 3.27. The van der Waals surface area contributed by atoms with Crippen LogP contribution >= 0.6 is 15.9 Å². The molecule has 0 saturated heterocycles. The predicted molar refractivity (Wildman–Crippen MR) is 70.2 cm³/mol. The van der Waals surface area contributed by atoms with Crippen LogP contribution in [0.15, 0.2) is 41.1 Å². The zero-order chi connectivity index (χ0) is 12.8. The third kappa shape index (κ3) is 3.10. The first-order valence-corrected chi connectivity index (χ1v) is 6.43. The van der Waals surface area contributed by atoms with E-state index in [0.717, 1.165) is 0 Å². The van der Waals surface area contributed by atoms with Crippen LogP contribution in [0.5, 0.6) is 5.75 Å². The third-order valence-electron chi connectivity index (χ3n) is 2.15. The minimum atomic E-state index is -0.283. The van der Waals surface area contributed by atoms with Crippen molar-refractivity contribution in [1.82, 2.24) is 5.16 Å². The molecule has 94 valence electrons. The topological polar surface area (TPSA) is 64.4 Å². The summed E-state index contributed by atoms with van der Waals surface area (Å²) in [7, 11) is 0. The number of aromatic nitrogens is 1. The van der Waals surface area contributed by atoms with Crippen LogP contribution in [0.4, 0.5) is 5.82 Å². The van der Waals surface area contributed by atoms with Gasteiger partial charge in [-0.05, 0) is 12.1 Å². The van der Waals surface area contributed by atoms with Crippen LogP contribution in [0, 0.1) is 0 Å². The Morgan fingerprint density at radius 1 is 1.39 bits per heavy atom. The Kier molecular flexibility index (Phi) is 4.35. The molecule has 0 aliphatic heterocycles. The number of benzene rings is 1. The first-order chi connectivity index (χ1) is 8.81. The molecule has 0 saturated carbocycles. The second-order valence-electron chi connectivity index (χ2n) is 3.37. The lowest BCUT2D eigenvalue weighted by atomic mass is 10.2. The van der Waals surface area contributed by atoms with Gasteiger partial charge >= 0.3 is 0 Å². The summed E-state index contributed by atoms with van der Waals surface area (Å²) in [6, 6.07) is 8.61. The molecule has 0 aliphatic rings. The largest absolute Gasteiger partial charge is 0.492 e. The van der Waals surface area contributed by atoms with Crippen molar-refractivity contribution >= 4 is 27.7 Å². The second-order valence-corrected chi connectivity index (χ2v) is 4.17. The number of para-hydroxylation sites is 1. The van der Waals surface area contributed by atoms with E-state index in [1.54, 1.807) is 24.3 Å². The van der Waals surface area contributed by atoms with Crippen LogP contribution in [0.1, 0.15) is 10.4 Å². The van der Waals surface area contributed by atoms with Gasteiger partial charge in [-0.25, -0.2) is 0 Å². The van der Waals surface area contributed by atoms with Crippen molar-refractivity contribution < 1.29 is 14.1 Å². The van der Waals surface area contributed by atoms with Gasteiger partial charge < -0.3 is 14.6 Å². The molecule has 0 aliphatic carbocycles. The van der Waals surface area contributed by atoms with Crippen LogP contribution in [0.2, 0.25) is 0 Å². The van der Waals surface area contributed by atoms with E-state index >= 15 is 0 Å². The Bertz CT molecular complexity index is 514. The van der Waals surface area contributed by atoms with Crippen molar-refractivity contribution in [3.05, 3.63) is 42.2 Å². The fourth-order valence-corrected chi connectivity index (χ4v) is 1.55. The molecule has 1 heterocycles. The van der Waals surface area contributed by atoms with Gasteiger partial charge in [-0.1, -0.05) is 33.2 Å². The highest BCUT2D eigenvalue weighted by Crippen LogP contribution is 2.19. The summed E-state index contributed by atoms with van der Waals surface area (Å²) in [4.78, 5) is 12.0. The molecule has 5 nitrogen and oxygen atoms in total. The van der Waals surface area contributed by atoms with Crippen LogP contribution in [-0.4, -0.2) is 23.0 Å². The summed E-state index contributed by atoms with van der Waals surface area (Å²) in [6.07, 6.45) is 1.39. The van der Waals surface area contributed by atoms with E-state index in [1.807, 2.05) is 6.07 Å². The quantitative estimate of drug-likeness (QED) is 0.862. The Balaban J connectivity index is 2.13. The number of halogens is 1. The molecule has 0 radical (unpaired) electrons. The molecule has 2 aromatic rings. The Hall–Kier alpha value is -1.82. The number of ether oxygens (including phenoxy) is 1. The van der Waals surface area contributed by atoms with Gasteiger partial charge in [0.15, 0.2) is 5.82 Å². The fourth-order valence-electron chi connectivity index (χ4n) is 1.39. The molecule has 0 unspecified atom stereocenters. The average molecular weight is 311 g/mol. The number of amides is 1. The van der Waals surface area contributed by atoms with Crippen molar-refractivity contribution in [3.63, 3.8) is 0 Å². The SMILES string of the molecule is O=C(Nc1ccon1)c1ccccc1OCCBr. The number of carbonyl (C=O) groups is 1. The monoisotopic (exact) mass is 310 g/mol. The predicted octanol–water partition coefficient (Wildman–Crippen LogP) is 2.70. The number of rotatable bonds is 5. The average Bonchev–Trinajstić information content (AvgIpc) is 2.89. The van der Waals surface area contributed by atoms with Gasteiger partial charge in [-0.15, -0.1) is 0 Å². The molecular formula is C12H11BrN2O3. The van der Waals surface area contributed by atoms with Crippen molar-refractivity contribution in [2.24, 2.45) is 0 Å². The molecule has 1 aromatic carbocycles. The lowest BCUT2D eigenvalue weighted by Crippen LogP contribution is -2.14. The Morgan fingerprint density at radius 3 is 2.94 bits per heavy atom. The van der Waals surface area contributed by atoms with Crippen LogP contribution in [0.3, 0.4) is 0 Å². The maximum absolute atomic E-state index is 12.0. The van der Waals surface area contributed by atoms with E-state index in [9.17, 15) is 4.79 Å². The summed E-state index contributed by atoms with van der Waals surface area (Å²) < 4.78 is 10.1. The van der Waals surface area contributed by atoms with Crippen LogP contribution in [-0.2, 0) is 0 Å². The molecule has 0 bridgehead atoms. The van der Waals surface area contributed by atoms with Crippen LogP contribution < -0.4 is 10.1 Å². The van der Waals surface area contributed by atoms with Crippen molar-refractivity contribution in [3.8, 4) is 5.75 Å². The number of nitrogens with one attached hydrogen (secondary N) is 1. The van der Waals surface area contributed by atoms with Crippen LogP contribution in [0.25, 0.3) is 0 Å². The summed E-state index contributed by atoms with van der Waals surface area (Å²) in [5.41, 5.74) is 0.460.